The molecule has 0 saturated carbocycles. The second-order valence-corrected chi connectivity index (χ2v) is 7.08. The van der Waals surface area contributed by atoms with E-state index in [1.165, 1.54) is 13.2 Å². The lowest BCUT2D eigenvalue weighted by Gasteiger charge is -2.14. The molecule has 0 fully saturated rings. The molecule has 1 unspecified atom stereocenters. The molecule has 5 nitrogen and oxygen atoms in total. The lowest BCUT2D eigenvalue weighted by Crippen LogP contribution is -2.30. The zero-order chi connectivity index (χ0) is 14.6. The standard InChI is InChI=1S/C11H15BrClNO4S/c1-7(6-15)5-14-19(16,17)10-4-8(13)3-9(12)11(10)18-2/h3-4,7,14-15H,5-6H2,1-2H3. The lowest BCUT2D eigenvalue weighted by molar-refractivity contribution is 0.238. The summed E-state index contributed by atoms with van der Waals surface area (Å²) in [5.74, 6) is 0.0111. The van der Waals surface area contributed by atoms with Gasteiger partial charge in [0.2, 0.25) is 10.0 Å². The monoisotopic (exact) mass is 371 g/mol. The van der Waals surface area contributed by atoms with Gasteiger partial charge in [0.15, 0.2) is 5.75 Å². The third-order valence-corrected chi connectivity index (χ3v) is 4.64. The van der Waals surface area contributed by atoms with Gasteiger partial charge in [-0.2, -0.15) is 0 Å². The fourth-order valence-corrected chi connectivity index (χ4v) is 3.88. The summed E-state index contributed by atoms with van der Waals surface area (Å²) in [5, 5.41) is 9.18. The molecule has 0 radical (unpaired) electrons. The van der Waals surface area contributed by atoms with Crippen LogP contribution in [-0.2, 0) is 10.0 Å². The van der Waals surface area contributed by atoms with Gasteiger partial charge < -0.3 is 9.84 Å². The Balaban J connectivity index is 3.14. The fourth-order valence-electron chi connectivity index (χ4n) is 1.33. The average Bonchev–Trinajstić information content (AvgIpc) is 2.35. The van der Waals surface area contributed by atoms with Crippen molar-refractivity contribution in [3.63, 3.8) is 0 Å². The molecule has 1 aromatic rings. The quantitative estimate of drug-likeness (QED) is 0.801. The SMILES string of the molecule is COc1c(Br)cc(Cl)cc1S(=O)(=O)NCC(C)CO. The molecule has 19 heavy (non-hydrogen) atoms. The predicted molar refractivity (Wildman–Crippen MR) is 77.1 cm³/mol. The number of aliphatic hydroxyl groups is 1. The van der Waals surface area contributed by atoms with Crippen LogP contribution in [0.15, 0.2) is 21.5 Å². The smallest absolute Gasteiger partial charge is 0.244 e. The molecule has 0 bridgehead atoms. The zero-order valence-corrected chi connectivity index (χ0v) is 13.6. The number of hydrogen-bond donors (Lipinski definition) is 2. The van der Waals surface area contributed by atoms with Crippen LogP contribution < -0.4 is 9.46 Å². The van der Waals surface area contributed by atoms with Gasteiger partial charge in [0.25, 0.3) is 0 Å². The van der Waals surface area contributed by atoms with E-state index in [0.29, 0.717) is 4.47 Å². The summed E-state index contributed by atoms with van der Waals surface area (Å²) < 4.78 is 32.3. The van der Waals surface area contributed by atoms with E-state index < -0.39 is 10.0 Å². The third-order valence-electron chi connectivity index (χ3n) is 2.40. The molecule has 1 aromatic carbocycles. The number of sulfonamides is 1. The molecule has 108 valence electrons. The van der Waals surface area contributed by atoms with E-state index in [1.54, 1.807) is 13.0 Å². The molecular formula is C11H15BrClNO4S. The largest absolute Gasteiger partial charge is 0.494 e. The Hall–Kier alpha value is -0.340. The summed E-state index contributed by atoms with van der Waals surface area (Å²) in [6.45, 7) is 1.76. The molecule has 0 amide bonds. The van der Waals surface area contributed by atoms with Crippen LogP contribution in [-0.4, -0.2) is 33.8 Å². The van der Waals surface area contributed by atoms with E-state index in [9.17, 15) is 8.42 Å². The minimum atomic E-state index is -3.75. The number of methoxy groups -OCH3 is 1. The maximum atomic E-state index is 12.2. The highest BCUT2D eigenvalue weighted by Crippen LogP contribution is 2.35. The lowest BCUT2D eigenvalue weighted by atomic mass is 10.2. The van der Waals surface area contributed by atoms with Gasteiger partial charge in [0.1, 0.15) is 4.90 Å². The summed E-state index contributed by atoms with van der Waals surface area (Å²) in [4.78, 5) is -0.0421. The maximum Gasteiger partial charge on any atom is 0.244 e. The van der Waals surface area contributed by atoms with E-state index in [-0.39, 0.29) is 34.7 Å². The molecule has 0 heterocycles. The first-order valence-corrected chi connectivity index (χ1v) is 8.10. The molecule has 0 spiro atoms. The Kier molecular flexibility index (Phi) is 6.07. The number of nitrogens with one attached hydrogen (secondary N) is 1. The molecule has 1 atom stereocenters. The van der Waals surface area contributed by atoms with Crippen molar-refractivity contribution in [3.8, 4) is 5.75 Å². The fraction of sp³-hybridized carbons (Fsp3) is 0.455. The Morgan fingerprint density at radius 1 is 1.53 bits per heavy atom. The summed E-state index contributed by atoms with van der Waals surface area (Å²) in [6.07, 6.45) is 0. The Morgan fingerprint density at radius 3 is 2.68 bits per heavy atom. The van der Waals surface area contributed by atoms with Crippen molar-refractivity contribution >= 4 is 37.6 Å². The molecule has 0 aliphatic rings. The first-order chi connectivity index (χ1) is 8.81. The van der Waals surface area contributed by atoms with Crippen LogP contribution in [0.2, 0.25) is 5.02 Å². The molecular weight excluding hydrogens is 358 g/mol. The van der Waals surface area contributed by atoms with E-state index >= 15 is 0 Å². The van der Waals surface area contributed by atoms with Crippen molar-refractivity contribution < 1.29 is 18.3 Å². The zero-order valence-electron chi connectivity index (χ0n) is 10.5. The second-order valence-electron chi connectivity index (χ2n) is 4.06. The van der Waals surface area contributed by atoms with Crippen molar-refractivity contribution in [1.29, 1.82) is 0 Å². The summed E-state index contributed by atoms with van der Waals surface area (Å²) in [6, 6.07) is 2.87. The van der Waals surface area contributed by atoms with Gasteiger partial charge in [-0.3, -0.25) is 0 Å². The number of ether oxygens (including phenoxy) is 1. The predicted octanol–water partition coefficient (Wildman–Crippen LogP) is 2.02. The van der Waals surface area contributed by atoms with Crippen LogP contribution in [0.1, 0.15) is 6.92 Å². The van der Waals surface area contributed by atoms with Crippen LogP contribution in [0.3, 0.4) is 0 Å². The van der Waals surface area contributed by atoms with Gasteiger partial charge >= 0.3 is 0 Å². The first kappa shape index (κ1) is 16.7. The average molecular weight is 373 g/mol. The van der Waals surface area contributed by atoms with Crippen LogP contribution >= 0.6 is 27.5 Å². The molecule has 2 N–H and O–H groups in total. The Bertz CT molecular complexity index is 550. The number of aliphatic hydroxyl groups excluding tert-OH is 1. The Labute approximate surface area is 126 Å². The summed E-state index contributed by atoms with van der Waals surface area (Å²) in [5.41, 5.74) is 0. The normalized spacial score (nSPS) is 13.3. The molecule has 8 heteroatoms. The Morgan fingerprint density at radius 2 is 2.16 bits per heavy atom. The van der Waals surface area contributed by atoms with E-state index in [4.69, 9.17) is 21.4 Å². The summed E-state index contributed by atoms with van der Waals surface area (Å²) >= 11 is 9.06. The van der Waals surface area contributed by atoms with Crippen molar-refractivity contribution in [2.24, 2.45) is 5.92 Å². The van der Waals surface area contributed by atoms with Gasteiger partial charge in [-0.25, -0.2) is 13.1 Å². The summed E-state index contributed by atoms with van der Waals surface area (Å²) in [7, 11) is -2.38. The highest BCUT2D eigenvalue weighted by molar-refractivity contribution is 9.10. The van der Waals surface area contributed by atoms with Crippen LogP contribution in [0.4, 0.5) is 0 Å². The van der Waals surface area contributed by atoms with E-state index in [0.717, 1.165) is 0 Å². The topological polar surface area (TPSA) is 75.6 Å². The second kappa shape index (κ2) is 6.90. The van der Waals surface area contributed by atoms with Crippen LogP contribution in [0.25, 0.3) is 0 Å². The van der Waals surface area contributed by atoms with Crippen molar-refractivity contribution in [2.45, 2.75) is 11.8 Å². The number of rotatable bonds is 6. The first-order valence-electron chi connectivity index (χ1n) is 5.45. The number of hydrogen-bond acceptors (Lipinski definition) is 4. The molecule has 0 aromatic heterocycles. The maximum absolute atomic E-state index is 12.2. The van der Waals surface area contributed by atoms with Gasteiger partial charge in [-0.1, -0.05) is 18.5 Å². The van der Waals surface area contributed by atoms with Crippen molar-refractivity contribution in [1.82, 2.24) is 4.72 Å². The van der Waals surface area contributed by atoms with Gasteiger partial charge in [0, 0.05) is 18.2 Å². The third kappa shape index (κ3) is 4.32. The molecule has 0 aliphatic carbocycles. The molecule has 1 rings (SSSR count). The van der Waals surface area contributed by atoms with Crippen molar-refractivity contribution in [2.75, 3.05) is 20.3 Å². The highest BCUT2D eigenvalue weighted by atomic mass is 79.9. The molecule has 0 saturated heterocycles. The molecule has 0 aliphatic heterocycles. The van der Waals surface area contributed by atoms with E-state index in [1.807, 2.05) is 0 Å². The van der Waals surface area contributed by atoms with Gasteiger partial charge in [-0.15, -0.1) is 0 Å². The number of halogens is 2. The minimum absolute atomic E-state index is 0.0421. The highest BCUT2D eigenvalue weighted by Gasteiger charge is 2.22. The van der Waals surface area contributed by atoms with Gasteiger partial charge in [-0.05, 0) is 34.0 Å². The number of benzene rings is 1. The van der Waals surface area contributed by atoms with Crippen molar-refractivity contribution in [3.05, 3.63) is 21.6 Å². The van der Waals surface area contributed by atoms with Gasteiger partial charge in [0.05, 0.1) is 11.6 Å². The minimum Gasteiger partial charge on any atom is -0.494 e. The van der Waals surface area contributed by atoms with Crippen LogP contribution in [0, 0.1) is 5.92 Å². The van der Waals surface area contributed by atoms with E-state index in [2.05, 4.69) is 20.7 Å². The van der Waals surface area contributed by atoms with Crippen LogP contribution in [0.5, 0.6) is 5.75 Å².